The summed E-state index contributed by atoms with van der Waals surface area (Å²) in [5.41, 5.74) is 4.59. The van der Waals surface area contributed by atoms with Crippen LogP contribution < -0.4 is 10.6 Å². The molecule has 0 radical (unpaired) electrons. The number of amides is 2. The van der Waals surface area contributed by atoms with E-state index in [1.807, 2.05) is 42.6 Å². The van der Waals surface area contributed by atoms with Gasteiger partial charge >= 0.3 is 6.03 Å². The van der Waals surface area contributed by atoms with Gasteiger partial charge in [0.2, 0.25) is 0 Å². The second kappa shape index (κ2) is 7.32. The van der Waals surface area contributed by atoms with Crippen LogP contribution in [0.2, 0.25) is 0 Å². The molecule has 0 saturated carbocycles. The third-order valence-corrected chi connectivity index (χ3v) is 5.39. The third-order valence-electron chi connectivity index (χ3n) is 4.52. The molecule has 1 aliphatic rings. The number of nitrogens with one attached hydrogen (secondary N) is 2. The first-order chi connectivity index (χ1) is 13.1. The fourth-order valence-electron chi connectivity index (χ4n) is 3.23. The summed E-state index contributed by atoms with van der Waals surface area (Å²) in [7, 11) is 0. The average Bonchev–Trinajstić information content (AvgIpc) is 3.12. The Morgan fingerprint density at radius 2 is 1.85 bits per heavy atom. The maximum atomic E-state index is 13.2. The minimum atomic E-state index is -0.269. The zero-order valence-electron chi connectivity index (χ0n) is 14.7. The topological polar surface area (TPSA) is 54.0 Å². The SMILES string of the molecule is CC1=C(c2nc(-c3ccc(F)cc3)cs2)C(Cc2ccccc2)NC(=O)N1. The van der Waals surface area contributed by atoms with Crippen molar-refractivity contribution >= 4 is 22.9 Å². The lowest BCUT2D eigenvalue weighted by Gasteiger charge is -2.28. The monoisotopic (exact) mass is 379 g/mol. The smallest absolute Gasteiger partial charge is 0.319 e. The minimum Gasteiger partial charge on any atom is -0.331 e. The van der Waals surface area contributed by atoms with E-state index < -0.39 is 0 Å². The molecule has 0 aliphatic carbocycles. The molecule has 0 spiro atoms. The molecule has 1 atom stereocenters. The molecule has 1 aliphatic heterocycles. The second-order valence-corrected chi connectivity index (χ2v) is 7.28. The largest absolute Gasteiger partial charge is 0.331 e. The fourth-order valence-corrected chi connectivity index (χ4v) is 4.21. The van der Waals surface area contributed by atoms with Crippen LogP contribution in [0.3, 0.4) is 0 Å². The van der Waals surface area contributed by atoms with Gasteiger partial charge in [0.25, 0.3) is 0 Å². The molecule has 2 heterocycles. The number of carbonyl (C=O) groups is 1. The van der Waals surface area contributed by atoms with E-state index in [2.05, 4.69) is 10.6 Å². The number of allylic oxidation sites excluding steroid dienone is 1. The first kappa shape index (κ1) is 17.4. The van der Waals surface area contributed by atoms with Crippen molar-refractivity contribution in [3.8, 4) is 11.3 Å². The van der Waals surface area contributed by atoms with Gasteiger partial charge in [0, 0.05) is 22.2 Å². The van der Waals surface area contributed by atoms with Crippen LogP contribution in [-0.2, 0) is 6.42 Å². The van der Waals surface area contributed by atoms with Crippen molar-refractivity contribution in [1.29, 1.82) is 0 Å². The second-order valence-electron chi connectivity index (χ2n) is 6.42. The highest BCUT2D eigenvalue weighted by Gasteiger charge is 2.28. The van der Waals surface area contributed by atoms with Crippen LogP contribution in [0, 0.1) is 5.82 Å². The molecule has 1 unspecified atom stereocenters. The number of nitrogens with zero attached hydrogens (tertiary/aromatic N) is 1. The maximum absolute atomic E-state index is 13.2. The number of halogens is 1. The number of carbonyl (C=O) groups excluding carboxylic acids is 1. The highest BCUT2D eigenvalue weighted by molar-refractivity contribution is 7.11. The van der Waals surface area contributed by atoms with Crippen molar-refractivity contribution in [2.24, 2.45) is 0 Å². The van der Waals surface area contributed by atoms with Gasteiger partial charge in [0.1, 0.15) is 10.8 Å². The summed E-state index contributed by atoms with van der Waals surface area (Å²) in [4.78, 5) is 16.7. The molecule has 4 nitrogen and oxygen atoms in total. The number of aromatic nitrogens is 1. The maximum Gasteiger partial charge on any atom is 0.319 e. The molecule has 1 aromatic heterocycles. The van der Waals surface area contributed by atoms with E-state index in [1.54, 1.807) is 12.1 Å². The Balaban J connectivity index is 1.68. The van der Waals surface area contributed by atoms with Crippen LogP contribution in [0.25, 0.3) is 16.8 Å². The van der Waals surface area contributed by atoms with Gasteiger partial charge in [-0.2, -0.15) is 0 Å². The van der Waals surface area contributed by atoms with E-state index in [1.165, 1.54) is 23.5 Å². The van der Waals surface area contributed by atoms with Gasteiger partial charge in [-0.3, -0.25) is 0 Å². The number of hydrogen-bond acceptors (Lipinski definition) is 3. The Kier molecular flexibility index (Phi) is 4.73. The van der Waals surface area contributed by atoms with Crippen LogP contribution >= 0.6 is 11.3 Å². The molecule has 0 fully saturated rings. The normalized spacial score (nSPS) is 16.8. The van der Waals surface area contributed by atoms with Crippen LogP contribution in [0.1, 0.15) is 17.5 Å². The van der Waals surface area contributed by atoms with E-state index in [4.69, 9.17) is 4.98 Å². The van der Waals surface area contributed by atoms with Gasteiger partial charge in [-0.25, -0.2) is 14.2 Å². The molecule has 136 valence electrons. The molecule has 2 N–H and O–H groups in total. The Morgan fingerprint density at radius 1 is 1.11 bits per heavy atom. The first-order valence-corrected chi connectivity index (χ1v) is 9.52. The van der Waals surface area contributed by atoms with Crippen molar-refractivity contribution < 1.29 is 9.18 Å². The van der Waals surface area contributed by atoms with Crippen LogP contribution in [0.15, 0.2) is 65.7 Å². The van der Waals surface area contributed by atoms with Crippen molar-refractivity contribution in [2.75, 3.05) is 0 Å². The number of hydrogen-bond donors (Lipinski definition) is 2. The van der Waals surface area contributed by atoms with Gasteiger partial charge in [-0.15, -0.1) is 11.3 Å². The predicted octanol–water partition coefficient (Wildman–Crippen LogP) is 4.60. The summed E-state index contributed by atoms with van der Waals surface area (Å²) in [6.07, 6.45) is 0.687. The van der Waals surface area contributed by atoms with Crippen molar-refractivity contribution in [3.63, 3.8) is 0 Å². The summed E-state index contributed by atoms with van der Waals surface area (Å²) in [5.74, 6) is -0.269. The van der Waals surface area contributed by atoms with Gasteiger partial charge in [-0.05, 0) is 43.2 Å². The Hall–Kier alpha value is -2.99. The van der Waals surface area contributed by atoms with Crippen molar-refractivity contribution in [1.82, 2.24) is 15.6 Å². The number of benzene rings is 2. The van der Waals surface area contributed by atoms with Gasteiger partial charge < -0.3 is 10.6 Å². The van der Waals surface area contributed by atoms with Crippen LogP contribution in [-0.4, -0.2) is 17.1 Å². The molecule has 3 aromatic rings. The van der Waals surface area contributed by atoms with Gasteiger partial charge in [-0.1, -0.05) is 30.3 Å². The first-order valence-electron chi connectivity index (χ1n) is 8.64. The Morgan fingerprint density at radius 3 is 2.59 bits per heavy atom. The average molecular weight is 379 g/mol. The summed E-state index contributed by atoms with van der Waals surface area (Å²) in [6.45, 7) is 1.89. The lowest BCUT2D eigenvalue weighted by molar-refractivity contribution is 0.240. The number of rotatable bonds is 4. The Labute approximate surface area is 160 Å². The molecule has 27 heavy (non-hydrogen) atoms. The summed E-state index contributed by atoms with van der Waals surface area (Å²) < 4.78 is 13.2. The zero-order chi connectivity index (χ0) is 18.8. The molecule has 2 amide bonds. The summed E-state index contributed by atoms with van der Waals surface area (Å²) in [6, 6.07) is 16.0. The standard InChI is InChI=1S/C21H18FN3OS/c1-13-19(17(25-21(26)23-13)11-14-5-3-2-4-6-14)20-24-18(12-27-20)15-7-9-16(22)10-8-15/h2-10,12,17H,11H2,1H3,(H2,23,25,26). The molecule has 6 heteroatoms. The number of urea groups is 1. The molecular formula is C21H18FN3OS. The summed E-state index contributed by atoms with van der Waals surface area (Å²) in [5, 5.41) is 8.66. The summed E-state index contributed by atoms with van der Waals surface area (Å²) >= 11 is 1.52. The molecule has 4 rings (SSSR count). The quantitative estimate of drug-likeness (QED) is 0.696. The van der Waals surface area contributed by atoms with E-state index in [0.29, 0.717) is 6.42 Å². The third kappa shape index (κ3) is 3.75. The highest BCUT2D eigenvalue weighted by atomic mass is 32.1. The van der Waals surface area contributed by atoms with Crippen LogP contribution in [0.4, 0.5) is 9.18 Å². The lowest BCUT2D eigenvalue weighted by Crippen LogP contribution is -2.48. The molecule has 0 saturated heterocycles. The number of thiazole rings is 1. The van der Waals surface area contributed by atoms with Crippen LogP contribution in [0.5, 0.6) is 0 Å². The molecular weight excluding hydrogens is 361 g/mol. The van der Waals surface area contributed by atoms with Gasteiger partial charge in [0.15, 0.2) is 0 Å². The van der Waals surface area contributed by atoms with Crippen molar-refractivity contribution in [3.05, 3.63) is 82.1 Å². The molecule has 2 aromatic carbocycles. The van der Waals surface area contributed by atoms with Crippen molar-refractivity contribution in [2.45, 2.75) is 19.4 Å². The van der Waals surface area contributed by atoms with E-state index in [9.17, 15) is 9.18 Å². The minimum absolute atomic E-state index is 0.159. The molecule has 0 bridgehead atoms. The van der Waals surface area contributed by atoms with E-state index in [0.717, 1.165) is 33.1 Å². The fraction of sp³-hybridized carbons (Fsp3) is 0.143. The Bertz CT molecular complexity index is 996. The highest BCUT2D eigenvalue weighted by Crippen LogP contribution is 2.31. The van der Waals surface area contributed by atoms with E-state index >= 15 is 0 Å². The van der Waals surface area contributed by atoms with Gasteiger partial charge in [0.05, 0.1) is 11.7 Å². The predicted molar refractivity (Wildman–Crippen MR) is 106 cm³/mol. The zero-order valence-corrected chi connectivity index (χ0v) is 15.5. The van der Waals surface area contributed by atoms with E-state index in [-0.39, 0.29) is 17.9 Å². The lowest BCUT2D eigenvalue weighted by atomic mass is 9.96.